The minimum Gasteiger partial charge on any atom is -0.389 e. The molecule has 1 atom stereocenters. The maximum absolute atomic E-state index is 12.3. The molecule has 2 heterocycles. The predicted molar refractivity (Wildman–Crippen MR) is 86.5 cm³/mol. The Labute approximate surface area is 132 Å². The number of likely N-dealkylation sites (tertiary alicyclic amines) is 2. The molecule has 0 radical (unpaired) electrons. The smallest absolute Gasteiger partial charge is 0.239 e. The summed E-state index contributed by atoms with van der Waals surface area (Å²) in [5, 5.41) is 9.33. The van der Waals surface area contributed by atoms with Crippen LogP contribution in [0.3, 0.4) is 0 Å². The minimum absolute atomic E-state index is 0.0508. The summed E-state index contributed by atoms with van der Waals surface area (Å²) >= 11 is 0. The van der Waals surface area contributed by atoms with E-state index >= 15 is 0 Å². The van der Waals surface area contributed by atoms with Crippen LogP contribution in [0.2, 0.25) is 0 Å². The Morgan fingerprint density at radius 1 is 1.23 bits per heavy atom. The van der Waals surface area contributed by atoms with Crippen LogP contribution >= 0.6 is 0 Å². The molecule has 0 spiro atoms. The number of aliphatic hydroxyl groups excluding tert-OH is 1. The second kappa shape index (κ2) is 6.80. The maximum Gasteiger partial charge on any atom is 0.239 e. The average Bonchev–Trinajstić information content (AvgIpc) is 2.52. The molecule has 1 unspecified atom stereocenters. The molecule has 22 heavy (non-hydrogen) atoms. The highest BCUT2D eigenvalue weighted by Gasteiger charge is 2.34. The van der Waals surface area contributed by atoms with Gasteiger partial charge in [0.15, 0.2) is 0 Å². The highest BCUT2D eigenvalue weighted by molar-refractivity contribution is 5.82. The van der Waals surface area contributed by atoms with E-state index < -0.39 is 0 Å². The molecule has 1 aromatic rings. The molecule has 3 rings (SSSR count). The van der Waals surface area contributed by atoms with E-state index in [4.69, 9.17) is 0 Å². The van der Waals surface area contributed by atoms with E-state index in [2.05, 4.69) is 35.2 Å². The van der Waals surface area contributed by atoms with E-state index in [0.29, 0.717) is 13.1 Å². The molecule has 2 aliphatic rings. The fraction of sp³-hybridized carbons (Fsp3) is 0.611. The van der Waals surface area contributed by atoms with Crippen LogP contribution in [0.5, 0.6) is 0 Å². The first-order chi connectivity index (χ1) is 10.6. The van der Waals surface area contributed by atoms with Gasteiger partial charge in [-0.1, -0.05) is 30.3 Å². The van der Waals surface area contributed by atoms with Crippen molar-refractivity contribution in [2.75, 3.05) is 26.2 Å². The van der Waals surface area contributed by atoms with Crippen molar-refractivity contribution in [3.63, 3.8) is 0 Å². The fourth-order valence-corrected chi connectivity index (χ4v) is 3.55. The molecule has 4 heteroatoms. The maximum atomic E-state index is 12.3. The lowest BCUT2D eigenvalue weighted by Crippen LogP contribution is -2.59. The van der Waals surface area contributed by atoms with Gasteiger partial charge in [0.2, 0.25) is 5.91 Å². The topological polar surface area (TPSA) is 43.8 Å². The third-order valence-corrected chi connectivity index (χ3v) is 5.10. The third-order valence-electron chi connectivity index (χ3n) is 5.10. The van der Waals surface area contributed by atoms with E-state index in [9.17, 15) is 9.90 Å². The second-order valence-electron chi connectivity index (χ2n) is 6.74. The van der Waals surface area contributed by atoms with Gasteiger partial charge in [-0.25, -0.2) is 0 Å². The second-order valence-corrected chi connectivity index (χ2v) is 6.74. The first-order valence-electron chi connectivity index (χ1n) is 8.38. The molecular formula is C18H26N2O2. The number of benzene rings is 1. The molecule has 1 amide bonds. The van der Waals surface area contributed by atoms with Gasteiger partial charge in [-0.05, 0) is 50.8 Å². The van der Waals surface area contributed by atoms with Crippen molar-refractivity contribution in [1.29, 1.82) is 0 Å². The van der Waals surface area contributed by atoms with Crippen LogP contribution in [0.15, 0.2) is 30.3 Å². The molecule has 4 nitrogen and oxygen atoms in total. The zero-order chi connectivity index (χ0) is 15.5. The van der Waals surface area contributed by atoms with Crippen molar-refractivity contribution in [1.82, 2.24) is 9.80 Å². The van der Waals surface area contributed by atoms with E-state index in [-0.39, 0.29) is 18.1 Å². The van der Waals surface area contributed by atoms with Crippen molar-refractivity contribution < 1.29 is 9.90 Å². The lowest BCUT2D eigenvalue weighted by molar-refractivity contribution is -0.147. The lowest BCUT2D eigenvalue weighted by Gasteiger charge is -2.41. The number of nitrogens with zero attached hydrogens (tertiary/aromatic N) is 2. The van der Waals surface area contributed by atoms with Crippen molar-refractivity contribution >= 4 is 5.91 Å². The van der Waals surface area contributed by atoms with Gasteiger partial charge >= 0.3 is 0 Å². The first-order valence-corrected chi connectivity index (χ1v) is 8.38. The highest BCUT2D eigenvalue weighted by Crippen LogP contribution is 2.24. The van der Waals surface area contributed by atoms with Crippen LogP contribution in [0, 0.1) is 5.92 Å². The van der Waals surface area contributed by atoms with Gasteiger partial charge in [0.25, 0.3) is 0 Å². The van der Waals surface area contributed by atoms with Gasteiger partial charge in [-0.2, -0.15) is 0 Å². The molecular weight excluding hydrogens is 276 g/mol. The summed E-state index contributed by atoms with van der Waals surface area (Å²) in [6.45, 7) is 5.02. The summed E-state index contributed by atoms with van der Waals surface area (Å²) < 4.78 is 0. The van der Waals surface area contributed by atoms with Crippen molar-refractivity contribution in [3.05, 3.63) is 35.9 Å². The number of hydrogen-bond acceptors (Lipinski definition) is 3. The van der Waals surface area contributed by atoms with E-state index in [1.165, 1.54) is 5.56 Å². The molecule has 2 aliphatic heterocycles. The summed E-state index contributed by atoms with van der Waals surface area (Å²) in [7, 11) is 0. The van der Waals surface area contributed by atoms with Crippen LogP contribution < -0.4 is 0 Å². The van der Waals surface area contributed by atoms with E-state index in [1.807, 2.05) is 6.92 Å². The molecule has 0 aliphatic carbocycles. The van der Waals surface area contributed by atoms with Crippen LogP contribution in [-0.2, 0) is 11.2 Å². The molecule has 0 aromatic heterocycles. The molecule has 1 N–H and O–H groups in total. The standard InChI is InChI=1S/C18H26N2O2/c1-14(18(22)20-12-17(21)13-20)19-9-7-16(8-10-19)11-15-5-3-2-4-6-15/h2-6,14,16-17,21H,7-13H2,1H3. The number of β-amino-alcohol motifs (C(OH)–C–C–N with tert-alkyl or cyclic N) is 1. The Hall–Kier alpha value is -1.39. The summed E-state index contributed by atoms with van der Waals surface area (Å²) in [5.41, 5.74) is 1.42. The van der Waals surface area contributed by atoms with Crippen LogP contribution in [0.25, 0.3) is 0 Å². The SMILES string of the molecule is CC(C(=O)N1CC(O)C1)N1CCC(Cc2ccccc2)CC1. The zero-order valence-corrected chi connectivity index (χ0v) is 13.3. The lowest BCUT2D eigenvalue weighted by atomic mass is 9.89. The van der Waals surface area contributed by atoms with Crippen LogP contribution in [-0.4, -0.2) is 59.1 Å². The molecule has 120 valence electrons. The summed E-state index contributed by atoms with van der Waals surface area (Å²) in [6, 6.07) is 10.6. The summed E-state index contributed by atoms with van der Waals surface area (Å²) in [6.07, 6.45) is 3.16. The number of aliphatic hydroxyl groups is 1. The Balaban J connectivity index is 1.46. The number of hydrogen-bond donors (Lipinski definition) is 1. The monoisotopic (exact) mass is 302 g/mol. The minimum atomic E-state index is -0.312. The fourth-order valence-electron chi connectivity index (χ4n) is 3.55. The Morgan fingerprint density at radius 2 is 1.86 bits per heavy atom. The van der Waals surface area contributed by atoms with Crippen molar-refractivity contribution in [2.45, 2.75) is 38.3 Å². The Bertz CT molecular complexity index is 491. The van der Waals surface area contributed by atoms with Crippen LogP contribution in [0.4, 0.5) is 0 Å². The predicted octanol–water partition coefficient (Wildman–Crippen LogP) is 1.53. The molecule has 1 aromatic carbocycles. The van der Waals surface area contributed by atoms with Gasteiger partial charge < -0.3 is 10.0 Å². The normalized spacial score (nSPS) is 22.4. The largest absolute Gasteiger partial charge is 0.389 e. The number of piperidine rings is 1. The van der Waals surface area contributed by atoms with Gasteiger partial charge in [0, 0.05) is 13.1 Å². The average molecular weight is 302 g/mol. The Kier molecular flexibility index (Phi) is 4.79. The highest BCUT2D eigenvalue weighted by atomic mass is 16.3. The number of amides is 1. The number of carbonyl (C=O) groups is 1. The molecule has 2 fully saturated rings. The summed E-state index contributed by atoms with van der Waals surface area (Å²) in [5.74, 6) is 0.901. The Morgan fingerprint density at radius 3 is 2.45 bits per heavy atom. The van der Waals surface area contributed by atoms with Crippen molar-refractivity contribution in [2.24, 2.45) is 5.92 Å². The van der Waals surface area contributed by atoms with Crippen molar-refractivity contribution in [3.8, 4) is 0 Å². The van der Waals surface area contributed by atoms with Gasteiger partial charge in [-0.15, -0.1) is 0 Å². The third kappa shape index (κ3) is 3.50. The number of carbonyl (C=O) groups excluding carboxylic acids is 1. The van der Waals surface area contributed by atoms with Crippen LogP contribution in [0.1, 0.15) is 25.3 Å². The molecule has 0 bridgehead atoms. The van der Waals surface area contributed by atoms with Gasteiger partial charge in [0.1, 0.15) is 0 Å². The van der Waals surface area contributed by atoms with Gasteiger partial charge in [-0.3, -0.25) is 9.69 Å². The van der Waals surface area contributed by atoms with E-state index in [0.717, 1.165) is 38.3 Å². The first kappa shape index (κ1) is 15.5. The number of rotatable bonds is 4. The molecule has 2 saturated heterocycles. The van der Waals surface area contributed by atoms with Gasteiger partial charge in [0.05, 0.1) is 12.1 Å². The zero-order valence-electron chi connectivity index (χ0n) is 13.3. The molecule has 0 saturated carbocycles. The van der Waals surface area contributed by atoms with E-state index in [1.54, 1.807) is 4.90 Å². The quantitative estimate of drug-likeness (QED) is 0.917. The summed E-state index contributed by atoms with van der Waals surface area (Å²) in [4.78, 5) is 16.4.